The summed E-state index contributed by atoms with van der Waals surface area (Å²) in [6.07, 6.45) is 2.83. The summed E-state index contributed by atoms with van der Waals surface area (Å²) in [5.74, 6) is 0.316. The first kappa shape index (κ1) is 14.7. The van der Waals surface area contributed by atoms with Gasteiger partial charge in [0.05, 0.1) is 5.69 Å². The zero-order valence-corrected chi connectivity index (χ0v) is 11.9. The van der Waals surface area contributed by atoms with Gasteiger partial charge in [-0.1, -0.05) is 0 Å². The topological polar surface area (TPSA) is 49.8 Å². The molecular weight excluding hydrogens is 279 g/mol. The van der Waals surface area contributed by atoms with Gasteiger partial charge in [-0.05, 0) is 49.2 Å². The Bertz CT molecular complexity index is 618. The lowest BCUT2D eigenvalue weighted by Crippen LogP contribution is -2.25. The molecule has 0 saturated heterocycles. The zero-order valence-electron chi connectivity index (χ0n) is 11.1. The molecule has 0 bridgehead atoms. The molecule has 0 atom stereocenters. The van der Waals surface area contributed by atoms with Gasteiger partial charge in [0.1, 0.15) is 5.82 Å². The highest BCUT2D eigenvalue weighted by molar-refractivity contribution is 5.85. The fourth-order valence-corrected chi connectivity index (χ4v) is 2.18. The van der Waals surface area contributed by atoms with E-state index in [1.165, 1.54) is 17.7 Å². The molecule has 0 spiro atoms. The molecule has 0 amide bonds. The second-order valence-electron chi connectivity index (χ2n) is 4.68. The number of hydrogen-bond donors (Lipinski definition) is 2. The summed E-state index contributed by atoms with van der Waals surface area (Å²) >= 11 is 0. The van der Waals surface area contributed by atoms with Gasteiger partial charge in [-0.15, -0.1) is 12.4 Å². The monoisotopic (exact) mass is 294 g/mol. The third-order valence-corrected chi connectivity index (χ3v) is 3.25. The van der Waals surface area contributed by atoms with Gasteiger partial charge in [-0.2, -0.15) is 0 Å². The van der Waals surface area contributed by atoms with Crippen molar-refractivity contribution < 1.29 is 4.39 Å². The van der Waals surface area contributed by atoms with Crippen molar-refractivity contribution in [2.45, 2.75) is 19.9 Å². The lowest BCUT2D eigenvalue weighted by atomic mass is 10.1. The van der Waals surface area contributed by atoms with Crippen LogP contribution in [0.15, 0.2) is 24.4 Å². The van der Waals surface area contributed by atoms with Crippen molar-refractivity contribution in [2.24, 2.45) is 0 Å². The maximum atomic E-state index is 13.0. The minimum Gasteiger partial charge on any atom is -0.324 e. The van der Waals surface area contributed by atoms with Crippen LogP contribution >= 0.6 is 12.4 Å². The summed E-state index contributed by atoms with van der Waals surface area (Å²) in [7, 11) is 0. The van der Waals surface area contributed by atoms with E-state index in [2.05, 4.69) is 20.6 Å². The lowest BCUT2D eigenvalue weighted by Gasteiger charge is -2.16. The zero-order chi connectivity index (χ0) is 13.2. The normalized spacial score (nSPS) is 13.3. The van der Waals surface area contributed by atoms with Crippen LogP contribution in [0, 0.1) is 12.7 Å². The van der Waals surface area contributed by atoms with E-state index in [1.54, 1.807) is 6.07 Å². The number of halogens is 2. The molecule has 0 unspecified atom stereocenters. The number of nitrogens with one attached hydrogen (secondary N) is 2. The second kappa shape index (κ2) is 6.15. The molecule has 0 aliphatic carbocycles. The van der Waals surface area contributed by atoms with Crippen LogP contribution in [-0.4, -0.2) is 16.5 Å². The largest absolute Gasteiger partial charge is 0.324 e. The number of aromatic nitrogens is 2. The first-order valence-electron chi connectivity index (χ1n) is 6.31. The van der Waals surface area contributed by atoms with Crippen LogP contribution in [-0.2, 0) is 13.0 Å². The van der Waals surface area contributed by atoms with Gasteiger partial charge >= 0.3 is 0 Å². The molecule has 0 saturated carbocycles. The molecule has 0 fully saturated rings. The van der Waals surface area contributed by atoms with Gasteiger partial charge in [0.25, 0.3) is 0 Å². The Morgan fingerprint density at radius 3 is 3.00 bits per heavy atom. The van der Waals surface area contributed by atoms with Gasteiger partial charge in [0.2, 0.25) is 5.95 Å². The number of fused-ring (bicyclic) bond motifs is 1. The average molecular weight is 295 g/mol. The highest BCUT2D eigenvalue weighted by Crippen LogP contribution is 2.20. The van der Waals surface area contributed by atoms with E-state index in [-0.39, 0.29) is 18.2 Å². The average Bonchev–Trinajstić information content (AvgIpc) is 2.42. The van der Waals surface area contributed by atoms with Crippen molar-refractivity contribution in [1.82, 2.24) is 15.3 Å². The van der Waals surface area contributed by atoms with E-state index < -0.39 is 0 Å². The van der Waals surface area contributed by atoms with Gasteiger partial charge in [0.15, 0.2) is 0 Å². The first-order valence-corrected chi connectivity index (χ1v) is 6.31. The number of anilines is 2. The molecule has 0 radical (unpaired) electrons. The molecular formula is C14H16ClFN4. The summed E-state index contributed by atoms with van der Waals surface area (Å²) in [6, 6.07) is 4.61. The molecule has 106 valence electrons. The minimum atomic E-state index is -0.237. The molecule has 1 aromatic carbocycles. The first-order chi connectivity index (χ1) is 9.22. The van der Waals surface area contributed by atoms with Crippen molar-refractivity contribution in [3.05, 3.63) is 47.0 Å². The van der Waals surface area contributed by atoms with Crippen molar-refractivity contribution in [1.29, 1.82) is 0 Å². The van der Waals surface area contributed by atoms with Gasteiger partial charge < -0.3 is 10.6 Å². The molecule has 2 heterocycles. The SMILES string of the molecule is Cc1cc(F)ccc1Nc1ncc2c(n1)CNCC2.Cl. The molecule has 2 aromatic rings. The number of nitrogens with zero attached hydrogens (tertiary/aromatic N) is 2. The highest BCUT2D eigenvalue weighted by Gasteiger charge is 2.11. The number of benzene rings is 1. The Labute approximate surface area is 123 Å². The number of hydrogen-bond acceptors (Lipinski definition) is 4. The van der Waals surface area contributed by atoms with Crippen LogP contribution in [0.4, 0.5) is 16.0 Å². The van der Waals surface area contributed by atoms with Gasteiger partial charge in [0, 0.05) is 18.4 Å². The van der Waals surface area contributed by atoms with E-state index in [0.29, 0.717) is 5.95 Å². The Hall–Kier alpha value is -1.72. The predicted octanol–water partition coefficient (Wildman–Crippen LogP) is 2.74. The van der Waals surface area contributed by atoms with E-state index in [4.69, 9.17) is 0 Å². The maximum absolute atomic E-state index is 13.0. The molecule has 1 aliphatic heterocycles. The van der Waals surface area contributed by atoms with Crippen molar-refractivity contribution in [3.63, 3.8) is 0 Å². The van der Waals surface area contributed by atoms with Crippen LogP contribution in [0.5, 0.6) is 0 Å². The van der Waals surface area contributed by atoms with Crippen molar-refractivity contribution in [3.8, 4) is 0 Å². The molecule has 20 heavy (non-hydrogen) atoms. The molecule has 1 aliphatic rings. The fraction of sp³-hybridized carbons (Fsp3) is 0.286. The van der Waals surface area contributed by atoms with Crippen LogP contribution < -0.4 is 10.6 Å². The van der Waals surface area contributed by atoms with E-state index in [1.807, 2.05) is 13.1 Å². The molecule has 3 rings (SSSR count). The standard InChI is InChI=1S/C14H15FN4.ClH/c1-9-6-11(15)2-3-12(9)18-14-17-7-10-4-5-16-8-13(10)19-14;/h2-3,6-7,16H,4-5,8H2,1H3,(H,17,18,19);1H. The molecule has 4 nitrogen and oxygen atoms in total. The summed E-state index contributed by atoms with van der Waals surface area (Å²) in [6.45, 7) is 3.60. The van der Waals surface area contributed by atoms with Crippen molar-refractivity contribution in [2.75, 3.05) is 11.9 Å². The second-order valence-corrected chi connectivity index (χ2v) is 4.68. The Balaban J connectivity index is 0.00000147. The summed E-state index contributed by atoms with van der Waals surface area (Å²) in [4.78, 5) is 8.80. The lowest BCUT2D eigenvalue weighted by molar-refractivity contribution is 0.624. The van der Waals surface area contributed by atoms with E-state index in [0.717, 1.165) is 36.5 Å². The van der Waals surface area contributed by atoms with Crippen LogP contribution in [0.2, 0.25) is 0 Å². The van der Waals surface area contributed by atoms with E-state index in [9.17, 15) is 4.39 Å². The Kier molecular flexibility index (Phi) is 4.52. The quantitative estimate of drug-likeness (QED) is 0.894. The van der Waals surface area contributed by atoms with Crippen LogP contribution in [0.3, 0.4) is 0 Å². The fourth-order valence-electron chi connectivity index (χ4n) is 2.18. The molecule has 6 heteroatoms. The highest BCUT2D eigenvalue weighted by atomic mass is 35.5. The van der Waals surface area contributed by atoms with Gasteiger partial charge in [-0.3, -0.25) is 0 Å². The van der Waals surface area contributed by atoms with Crippen molar-refractivity contribution >= 4 is 24.0 Å². The smallest absolute Gasteiger partial charge is 0.227 e. The molecule has 1 aromatic heterocycles. The number of rotatable bonds is 2. The number of aryl methyl sites for hydroxylation is 1. The third-order valence-electron chi connectivity index (χ3n) is 3.25. The van der Waals surface area contributed by atoms with Crippen LogP contribution in [0.25, 0.3) is 0 Å². The predicted molar refractivity (Wildman–Crippen MR) is 79.1 cm³/mol. The Morgan fingerprint density at radius 2 is 2.20 bits per heavy atom. The maximum Gasteiger partial charge on any atom is 0.227 e. The van der Waals surface area contributed by atoms with E-state index >= 15 is 0 Å². The summed E-state index contributed by atoms with van der Waals surface area (Å²) < 4.78 is 13.0. The van der Waals surface area contributed by atoms with Crippen LogP contribution in [0.1, 0.15) is 16.8 Å². The third kappa shape index (κ3) is 3.05. The summed E-state index contributed by atoms with van der Waals surface area (Å²) in [5, 5.41) is 6.42. The van der Waals surface area contributed by atoms with Gasteiger partial charge in [-0.25, -0.2) is 14.4 Å². The Morgan fingerprint density at radius 1 is 1.35 bits per heavy atom. The summed E-state index contributed by atoms with van der Waals surface area (Å²) in [5.41, 5.74) is 3.88. The molecule has 2 N–H and O–H groups in total. The minimum absolute atomic E-state index is 0.